The van der Waals surface area contributed by atoms with Gasteiger partial charge in [-0.2, -0.15) is 26.3 Å². The van der Waals surface area contributed by atoms with E-state index in [1.54, 1.807) is 26.0 Å². The molecule has 37 heavy (non-hydrogen) atoms. The average Bonchev–Trinajstić information content (AvgIpc) is 2.82. The molecule has 0 bridgehead atoms. The number of methoxy groups -OCH3 is 1. The van der Waals surface area contributed by atoms with Gasteiger partial charge < -0.3 is 14.4 Å². The van der Waals surface area contributed by atoms with Crippen LogP contribution in [0.1, 0.15) is 43.0 Å². The zero-order chi connectivity index (χ0) is 27.7. The highest BCUT2D eigenvalue weighted by atomic mass is 79.9. The molecule has 2 atom stereocenters. The van der Waals surface area contributed by atoms with Crippen molar-refractivity contribution in [2.24, 2.45) is 0 Å². The minimum Gasteiger partial charge on any atom is -0.467 e. The van der Waals surface area contributed by atoms with Gasteiger partial charge in [0.2, 0.25) is 0 Å². The summed E-state index contributed by atoms with van der Waals surface area (Å²) in [4.78, 5) is 28.5. The van der Waals surface area contributed by atoms with Crippen LogP contribution in [0.4, 0.5) is 42.5 Å². The molecule has 3 rings (SSSR count). The third-order valence-corrected chi connectivity index (χ3v) is 6.37. The lowest BCUT2D eigenvalue weighted by molar-refractivity contribution is -0.145. The summed E-state index contributed by atoms with van der Waals surface area (Å²) in [5.41, 5.74) is -3.18. The first-order valence-corrected chi connectivity index (χ1v) is 11.9. The number of alkyl halides is 6. The minimum absolute atomic E-state index is 0.00405. The third kappa shape index (κ3) is 5.97. The Morgan fingerprint density at radius 1 is 1.00 bits per heavy atom. The van der Waals surface area contributed by atoms with Crippen LogP contribution >= 0.6 is 15.9 Å². The number of esters is 1. The second-order valence-corrected chi connectivity index (χ2v) is 9.10. The maximum atomic E-state index is 13.6. The van der Waals surface area contributed by atoms with E-state index in [-0.39, 0.29) is 30.6 Å². The SMILES string of the molecule is CCOC(=O)N1c2ccc(Br)cc2N(C(C(=O)OC)c2cc(C(F)(F)F)cc(C(F)(F)F)c2)CC1CC. The monoisotopic (exact) mass is 596 g/mol. The number of hydrogen-bond donors (Lipinski definition) is 0. The predicted octanol–water partition coefficient (Wildman–Crippen LogP) is 6.96. The smallest absolute Gasteiger partial charge is 0.416 e. The maximum Gasteiger partial charge on any atom is 0.416 e. The van der Waals surface area contributed by atoms with E-state index in [1.165, 1.54) is 15.9 Å². The van der Waals surface area contributed by atoms with Crippen molar-refractivity contribution in [3.63, 3.8) is 0 Å². The van der Waals surface area contributed by atoms with Crippen molar-refractivity contribution in [1.29, 1.82) is 0 Å². The molecule has 0 saturated heterocycles. The lowest BCUT2D eigenvalue weighted by atomic mass is 9.95. The van der Waals surface area contributed by atoms with Crippen LogP contribution < -0.4 is 9.80 Å². The molecule has 2 aromatic rings. The van der Waals surface area contributed by atoms with Gasteiger partial charge in [0.1, 0.15) is 0 Å². The summed E-state index contributed by atoms with van der Waals surface area (Å²) < 4.78 is 92.0. The number of carbonyl (C=O) groups excluding carboxylic acids is 2. The van der Waals surface area contributed by atoms with Crippen molar-refractivity contribution in [1.82, 2.24) is 0 Å². The molecule has 0 aliphatic carbocycles. The fraction of sp³-hybridized carbons (Fsp3) is 0.417. The highest BCUT2D eigenvalue weighted by Crippen LogP contribution is 2.45. The number of amides is 1. The zero-order valence-corrected chi connectivity index (χ0v) is 21.5. The largest absolute Gasteiger partial charge is 0.467 e. The molecule has 13 heteroatoms. The van der Waals surface area contributed by atoms with Gasteiger partial charge in [-0.3, -0.25) is 4.90 Å². The van der Waals surface area contributed by atoms with E-state index in [9.17, 15) is 35.9 Å². The fourth-order valence-corrected chi connectivity index (χ4v) is 4.57. The van der Waals surface area contributed by atoms with Gasteiger partial charge in [-0.1, -0.05) is 22.9 Å². The normalized spacial score (nSPS) is 16.8. The van der Waals surface area contributed by atoms with Crippen LogP contribution in [-0.4, -0.2) is 38.4 Å². The van der Waals surface area contributed by atoms with Crippen LogP contribution in [0.5, 0.6) is 0 Å². The average molecular weight is 597 g/mol. The van der Waals surface area contributed by atoms with Gasteiger partial charge in [0.05, 0.1) is 42.3 Å². The molecule has 0 saturated carbocycles. The van der Waals surface area contributed by atoms with Crippen LogP contribution in [0.15, 0.2) is 40.9 Å². The molecule has 6 nitrogen and oxygen atoms in total. The van der Waals surface area contributed by atoms with Gasteiger partial charge in [-0.25, -0.2) is 9.59 Å². The highest BCUT2D eigenvalue weighted by molar-refractivity contribution is 9.10. The van der Waals surface area contributed by atoms with E-state index >= 15 is 0 Å². The lowest BCUT2D eigenvalue weighted by Gasteiger charge is -2.45. The van der Waals surface area contributed by atoms with Gasteiger partial charge in [0.25, 0.3) is 0 Å². The number of ether oxygens (including phenoxy) is 2. The van der Waals surface area contributed by atoms with E-state index in [0.717, 1.165) is 7.11 Å². The summed E-state index contributed by atoms with van der Waals surface area (Å²) in [6.07, 6.45) is -10.5. The first kappa shape index (κ1) is 28.6. The number of anilines is 2. The number of carbonyl (C=O) groups is 2. The van der Waals surface area contributed by atoms with Crippen LogP contribution in [0.25, 0.3) is 0 Å². The molecule has 0 N–H and O–H groups in total. The number of benzene rings is 2. The quantitative estimate of drug-likeness (QED) is 0.276. The van der Waals surface area contributed by atoms with Crippen LogP contribution in [0.2, 0.25) is 0 Å². The second kappa shape index (κ2) is 10.8. The molecular weight excluding hydrogens is 574 g/mol. The third-order valence-electron chi connectivity index (χ3n) is 5.88. The number of nitrogens with zero attached hydrogens (tertiary/aromatic N) is 2. The van der Waals surface area contributed by atoms with Crippen molar-refractivity contribution < 1.29 is 45.4 Å². The first-order chi connectivity index (χ1) is 17.2. The van der Waals surface area contributed by atoms with Crippen molar-refractivity contribution in [3.8, 4) is 0 Å². The summed E-state index contributed by atoms with van der Waals surface area (Å²) in [5, 5.41) is 0. The van der Waals surface area contributed by atoms with E-state index in [1.807, 2.05) is 0 Å². The number of halogens is 7. The van der Waals surface area contributed by atoms with Crippen molar-refractivity contribution in [2.75, 3.05) is 30.1 Å². The standard InChI is InChI=1S/C24H23BrF6N2O4/c1-4-17-12-32(19-11-16(25)6-7-18(19)33(17)22(35)37-5-2)20(21(34)36-3)13-8-14(23(26,27)28)10-15(9-13)24(29,30)31/h6-11,17,20H,4-5,12H2,1-3H3. The van der Waals surface area contributed by atoms with Crippen LogP contribution in [-0.2, 0) is 26.6 Å². The lowest BCUT2D eigenvalue weighted by Crippen LogP contribution is -2.53. The van der Waals surface area contributed by atoms with Gasteiger partial charge in [-0.05, 0) is 55.3 Å². The summed E-state index contributed by atoms with van der Waals surface area (Å²) in [6.45, 7) is 3.35. The topological polar surface area (TPSA) is 59.1 Å². The number of rotatable bonds is 5. The number of fused-ring (bicyclic) bond motifs is 1. The molecule has 1 aliphatic rings. The molecule has 0 aromatic heterocycles. The molecule has 202 valence electrons. The van der Waals surface area contributed by atoms with E-state index in [0.29, 0.717) is 23.0 Å². The van der Waals surface area contributed by atoms with E-state index in [4.69, 9.17) is 9.47 Å². The zero-order valence-electron chi connectivity index (χ0n) is 19.9. The molecule has 0 radical (unpaired) electrons. The second-order valence-electron chi connectivity index (χ2n) is 8.18. The summed E-state index contributed by atoms with van der Waals surface area (Å²) in [5.74, 6) is -1.07. The van der Waals surface area contributed by atoms with Crippen LogP contribution in [0, 0.1) is 0 Å². The van der Waals surface area contributed by atoms with E-state index < -0.39 is 53.2 Å². The van der Waals surface area contributed by atoms with Gasteiger partial charge in [0, 0.05) is 11.0 Å². The number of hydrogen-bond acceptors (Lipinski definition) is 5. The highest BCUT2D eigenvalue weighted by Gasteiger charge is 2.43. The Hall–Kier alpha value is -2.96. The molecule has 2 aromatic carbocycles. The summed E-state index contributed by atoms with van der Waals surface area (Å²) in [7, 11) is 0.988. The Morgan fingerprint density at radius 3 is 2.08 bits per heavy atom. The Morgan fingerprint density at radius 2 is 1.59 bits per heavy atom. The fourth-order valence-electron chi connectivity index (χ4n) is 4.22. The Balaban J connectivity index is 2.29. The predicted molar refractivity (Wildman–Crippen MR) is 126 cm³/mol. The van der Waals surface area contributed by atoms with Crippen molar-refractivity contribution in [2.45, 2.75) is 44.7 Å². The Bertz CT molecular complexity index is 1140. The molecule has 0 spiro atoms. The molecule has 0 fully saturated rings. The molecule has 1 amide bonds. The van der Waals surface area contributed by atoms with Crippen molar-refractivity contribution in [3.05, 3.63) is 57.6 Å². The molecule has 1 heterocycles. The maximum absolute atomic E-state index is 13.6. The van der Waals surface area contributed by atoms with E-state index in [2.05, 4.69) is 15.9 Å². The van der Waals surface area contributed by atoms with Gasteiger partial charge in [-0.15, -0.1) is 0 Å². The Kier molecular flexibility index (Phi) is 8.35. The first-order valence-electron chi connectivity index (χ1n) is 11.1. The van der Waals surface area contributed by atoms with Crippen molar-refractivity contribution >= 4 is 39.4 Å². The molecule has 1 aliphatic heterocycles. The summed E-state index contributed by atoms with van der Waals surface area (Å²) >= 11 is 3.30. The molecular formula is C24H23BrF6N2O4. The minimum atomic E-state index is -5.10. The van der Waals surface area contributed by atoms with Gasteiger partial charge >= 0.3 is 24.4 Å². The Labute approximate surface area is 217 Å². The van der Waals surface area contributed by atoms with Crippen LogP contribution in [0.3, 0.4) is 0 Å². The summed E-state index contributed by atoms with van der Waals surface area (Å²) in [6, 6.07) is 3.39. The van der Waals surface area contributed by atoms with Gasteiger partial charge in [0.15, 0.2) is 6.04 Å². The molecule has 2 unspecified atom stereocenters.